The zero-order valence-electron chi connectivity index (χ0n) is 11.1. The van der Waals surface area contributed by atoms with Crippen LogP contribution in [0.3, 0.4) is 0 Å². The van der Waals surface area contributed by atoms with Gasteiger partial charge in [-0.2, -0.15) is 0 Å². The quantitative estimate of drug-likeness (QED) is 0.929. The molecule has 3 nitrogen and oxygen atoms in total. The van der Waals surface area contributed by atoms with Crippen LogP contribution in [0.4, 0.5) is 0 Å². The van der Waals surface area contributed by atoms with E-state index in [0.717, 1.165) is 17.6 Å². The normalized spacial score (nSPS) is 29.2. The number of nitrogens with zero attached hydrogens (tertiary/aromatic N) is 1. The molecule has 1 aliphatic heterocycles. The second kappa shape index (κ2) is 5.92. The topological polar surface area (TPSA) is 38.5 Å². The summed E-state index contributed by atoms with van der Waals surface area (Å²) < 4.78 is 7.02. The Balaban J connectivity index is 1.85. The van der Waals surface area contributed by atoms with Gasteiger partial charge in [0.05, 0.1) is 12.7 Å². The van der Waals surface area contributed by atoms with Crippen molar-refractivity contribution in [2.75, 3.05) is 19.7 Å². The Morgan fingerprint density at radius 2 is 2.32 bits per heavy atom. The average Bonchev–Trinajstić information content (AvgIpc) is 2.89. The van der Waals surface area contributed by atoms with Gasteiger partial charge in [0.1, 0.15) is 0 Å². The molecular weight excluding hydrogens is 304 g/mol. The largest absolute Gasteiger partial charge is 0.375 e. The summed E-state index contributed by atoms with van der Waals surface area (Å²) in [5.41, 5.74) is 7.38. The van der Waals surface area contributed by atoms with Crippen molar-refractivity contribution >= 4 is 15.9 Å². The van der Waals surface area contributed by atoms with Gasteiger partial charge in [-0.15, -0.1) is 0 Å². The molecule has 4 heteroatoms. The molecule has 1 saturated heterocycles. The summed E-state index contributed by atoms with van der Waals surface area (Å²) in [5.74, 6) is 0. The van der Waals surface area contributed by atoms with Crippen LogP contribution in [0, 0.1) is 0 Å². The zero-order valence-corrected chi connectivity index (χ0v) is 12.7. The van der Waals surface area contributed by atoms with Crippen molar-refractivity contribution in [3.63, 3.8) is 0 Å². The maximum absolute atomic E-state index is 6.07. The second-order valence-electron chi connectivity index (χ2n) is 5.45. The number of hydrogen-bond donors (Lipinski definition) is 1. The molecule has 1 heterocycles. The predicted molar refractivity (Wildman–Crippen MR) is 80.0 cm³/mol. The minimum absolute atomic E-state index is 0.312. The highest BCUT2D eigenvalue weighted by Crippen LogP contribution is 2.35. The number of morpholine rings is 1. The van der Waals surface area contributed by atoms with Gasteiger partial charge in [-0.3, -0.25) is 4.90 Å². The Labute approximate surface area is 123 Å². The van der Waals surface area contributed by atoms with Crippen LogP contribution in [0.2, 0.25) is 0 Å². The lowest BCUT2D eigenvalue weighted by Crippen LogP contribution is -2.51. The van der Waals surface area contributed by atoms with Gasteiger partial charge >= 0.3 is 0 Å². The van der Waals surface area contributed by atoms with Crippen molar-refractivity contribution in [1.29, 1.82) is 0 Å². The molecule has 0 amide bonds. The molecule has 3 rings (SSSR count). The Morgan fingerprint density at radius 1 is 1.42 bits per heavy atom. The average molecular weight is 325 g/mol. The lowest BCUT2D eigenvalue weighted by molar-refractivity contribution is -0.0711. The first-order valence-corrected chi connectivity index (χ1v) is 7.92. The molecule has 0 aromatic heterocycles. The van der Waals surface area contributed by atoms with Gasteiger partial charge in [0.15, 0.2) is 0 Å². The van der Waals surface area contributed by atoms with E-state index in [9.17, 15) is 0 Å². The van der Waals surface area contributed by atoms with E-state index in [0.29, 0.717) is 24.7 Å². The van der Waals surface area contributed by atoms with Crippen LogP contribution in [0.1, 0.15) is 30.9 Å². The molecule has 1 aliphatic carbocycles. The van der Waals surface area contributed by atoms with Crippen LogP contribution in [0.25, 0.3) is 0 Å². The molecular formula is C15H21BrN2O. The fourth-order valence-electron chi connectivity index (χ4n) is 3.52. The van der Waals surface area contributed by atoms with Crippen LogP contribution >= 0.6 is 15.9 Å². The van der Waals surface area contributed by atoms with Crippen LogP contribution in [-0.4, -0.2) is 36.7 Å². The molecule has 3 atom stereocenters. The van der Waals surface area contributed by atoms with E-state index in [1.807, 2.05) is 0 Å². The summed E-state index contributed by atoms with van der Waals surface area (Å²) >= 11 is 3.56. The van der Waals surface area contributed by atoms with Crippen molar-refractivity contribution in [2.45, 2.75) is 37.5 Å². The molecule has 1 aromatic carbocycles. The van der Waals surface area contributed by atoms with E-state index in [4.69, 9.17) is 10.5 Å². The maximum Gasteiger partial charge on any atom is 0.0731 e. The summed E-state index contributed by atoms with van der Waals surface area (Å²) in [5, 5.41) is 0. The van der Waals surface area contributed by atoms with Gasteiger partial charge in [-0.25, -0.2) is 0 Å². The van der Waals surface area contributed by atoms with Gasteiger partial charge in [0, 0.05) is 29.6 Å². The molecule has 19 heavy (non-hydrogen) atoms. The lowest BCUT2D eigenvalue weighted by Gasteiger charge is -2.42. The Bertz CT molecular complexity index is 440. The van der Waals surface area contributed by atoms with Crippen LogP contribution in [0.15, 0.2) is 28.7 Å². The van der Waals surface area contributed by atoms with Crippen molar-refractivity contribution < 1.29 is 4.74 Å². The van der Waals surface area contributed by atoms with E-state index >= 15 is 0 Å². The van der Waals surface area contributed by atoms with Crippen molar-refractivity contribution in [2.24, 2.45) is 5.73 Å². The molecule has 0 bridgehead atoms. The lowest BCUT2D eigenvalue weighted by atomic mass is 10.0. The molecule has 104 valence electrons. The standard InChI is InChI=1S/C15H21BrN2O/c16-12-4-1-3-11(9-12)14(10-17)18-7-8-19-15-6-2-5-13(15)18/h1,3-4,9,13-15H,2,5-8,10,17H2. The highest BCUT2D eigenvalue weighted by Gasteiger charge is 2.39. The SMILES string of the molecule is NCC(c1cccc(Br)c1)N1CCOC2CCCC21. The third-order valence-corrected chi connectivity index (χ3v) is 4.88. The molecule has 1 aromatic rings. The molecule has 3 unspecified atom stereocenters. The molecule has 0 spiro atoms. The summed E-state index contributed by atoms with van der Waals surface area (Å²) in [4.78, 5) is 2.57. The van der Waals surface area contributed by atoms with Gasteiger partial charge in [-0.1, -0.05) is 28.1 Å². The molecule has 2 aliphatic rings. The number of nitrogens with two attached hydrogens (primary N) is 1. The third kappa shape index (κ3) is 2.72. The first-order valence-electron chi connectivity index (χ1n) is 7.12. The fraction of sp³-hybridized carbons (Fsp3) is 0.600. The fourth-order valence-corrected chi connectivity index (χ4v) is 3.94. The van der Waals surface area contributed by atoms with Crippen LogP contribution < -0.4 is 5.73 Å². The Hall–Kier alpha value is -0.420. The summed E-state index contributed by atoms with van der Waals surface area (Å²) in [7, 11) is 0. The smallest absolute Gasteiger partial charge is 0.0731 e. The highest BCUT2D eigenvalue weighted by atomic mass is 79.9. The van der Waals surface area contributed by atoms with E-state index in [1.165, 1.54) is 24.8 Å². The van der Waals surface area contributed by atoms with Crippen molar-refractivity contribution in [3.8, 4) is 0 Å². The predicted octanol–water partition coefficient (Wildman–Crippen LogP) is 2.70. The highest BCUT2D eigenvalue weighted by molar-refractivity contribution is 9.10. The van der Waals surface area contributed by atoms with Gasteiger partial charge in [0.25, 0.3) is 0 Å². The number of ether oxygens (including phenoxy) is 1. The minimum atomic E-state index is 0.312. The number of hydrogen-bond acceptors (Lipinski definition) is 3. The Kier molecular flexibility index (Phi) is 4.22. The van der Waals surface area contributed by atoms with Crippen LogP contribution in [0.5, 0.6) is 0 Å². The number of benzene rings is 1. The summed E-state index contributed by atoms with van der Waals surface area (Å²) in [6.45, 7) is 2.50. The first kappa shape index (κ1) is 13.6. The van der Waals surface area contributed by atoms with Crippen LogP contribution in [-0.2, 0) is 4.74 Å². The van der Waals surface area contributed by atoms with Gasteiger partial charge in [0.2, 0.25) is 0 Å². The first-order chi connectivity index (χ1) is 9.29. The van der Waals surface area contributed by atoms with E-state index in [2.05, 4.69) is 45.1 Å². The van der Waals surface area contributed by atoms with Gasteiger partial charge in [-0.05, 0) is 37.0 Å². The Morgan fingerprint density at radius 3 is 3.11 bits per heavy atom. The second-order valence-corrected chi connectivity index (χ2v) is 6.37. The third-order valence-electron chi connectivity index (χ3n) is 4.38. The molecule has 1 saturated carbocycles. The summed E-state index contributed by atoms with van der Waals surface area (Å²) in [6.07, 6.45) is 4.16. The van der Waals surface area contributed by atoms with Crippen molar-refractivity contribution in [3.05, 3.63) is 34.3 Å². The van der Waals surface area contributed by atoms with E-state index in [1.54, 1.807) is 0 Å². The molecule has 2 fully saturated rings. The summed E-state index contributed by atoms with van der Waals surface area (Å²) in [6, 6.07) is 9.40. The zero-order chi connectivity index (χ0) is 13.2. The van der Waals surface area contributed by atoms with Gasteiger partial charge < -0.3 is 10.5 Å². The molecule has 2 N–H and O–H groups in total. The maximum atomic E-state index is 6.07. The molecule has 0 radical (unpaired) electrons. The number of fused-ring (bicyclic) bond motifs is 1. The minimum Gasteiger partial charge on any atom is -0.375 e. The van der Waals surface area contributed by atoms with E-state index < -0.39 is 0 Å². The van der Waals surface area contributed by atoms with E-state index in [-0.39, 0.29) is 0 Å². The van der Waals surface area contributed by atoms with Crippen molar-refractivity contribution in [1.82, 2.24) is 4.90 Å². The number of halogens is 1. The monoisotopic (exact) mass is 324 g/mol. The number of rotatable bonds is 3.